The summed E-state index contributed by atoms with van der Waals surface area (Å²) in [5.74, 6) is 0. The number of aliphatic hydroxyl groups excluding tert-OH is 1. The Hall–Kier alpha value is -1.44. The van der Waals surface area contributed by atoms with Gasteiger partial charge in [0.15, 0.2) is 6.23 Å². The maximum Gasteiger partial charge on any atom is 0.330 e. The summed E-state index contributed by atoms with van der Waals surface area (Å²) in [7, 11) is 0. The maximum atomic E-state index is 12.0. The molecule has 0 amide bonds. The van der Waals surface area contributed by atoms with Gasteiger partial charge in [-0.15, -0.1) is 0 Å². The van der Waals surface area contributed by atoms with E-state index in [0.29, 0.717) is 25.0 Å². The molecular weight excluding hydrogens is 264 g/mol. The van der Waals surface area contributed by atoms with E-state index in [2.05, 4.69) is 4.98 Å². The monoisotopic (exact) mass is 282 g/mol. The van der Waals surface area contributed by atoms with Gasteiger partial charge in [-0.05, 0) is 13.3 Å². The van der Waals surface area contributed by atoms with Crippen LogP contribution in [0.5, 0.6) is 0 Å². The first-order valence-corrected chi connectivity index (χ1v) is 6.78. The van der Waals surface area contributed by atoms with Crippen molar-refractivity contribution in [3.63, 3.8) is 0 Å². The van der Waals surface area contributed by atoms with Crippen molar-refractivity contribution in [2.75, 3.05) is 6.61 Å². The summed E-state index contributed by atoms with van der Waals surface area (Å²) in [5.41, 5.74) is -1.23. The lowest BCUT2D eigenvalue weighted by Gasteiger charge is -2.34. The third-order valence-corrected chi connectivity index (χ3v) is 4.34. The van der Waals surface area contributed by atoms with Gasteiger partial charge in [0.2, 0.25) is 0 Å². The SMILES string of the molecule is CC[C@@]12CCOC([C@H](n3cc(C)c(=O)[nH]c3=O)O1)[C@H]2O. The van der Waals surface area contributed by atoms with Crippen molar-refractivity contribution >= 4 is 0 Å². The first-order valence-electron chi connectivity index (χ1n) is 6.78. The molecule has 2 bridgehead atoms. The zero-order valence-electron chi connectivity index (χ0n) is 11.5. The molecule has 2 aliphatic rings. The van der Waals surface area contributed by atoms with Crippen LogP contribution in [0.4, 0.5) is 0 Å². The minimum atomic E-state index is -0.773. The van der Waals surface area contributed by atoms with Crippen LogP contribution in [0.3, 0.4) is 0 Å². The van der Waals surface area contributed by atoms with Gasteiger partial charge in [0.1, 0.15) is 17.8 Å². The third kappa shape index (κ3) is 1.77. The topological polar surface area (TPSA) is 93.6 Å². The van der Waals surface area contributed by atoms with Crippen LogP contribution in [0, 0.1) is 6.92 Å². The van der Waals surface area contributed by atoms with Crippen LogP contribution < -0.4 is 11.2 Å². The van der Waals surface area contributed by atoms with E-state index in [4.69, 9.17) is 9.47 Å². The van der Waals surface area contributed by atoms with Gasteiger partial charge in [0.05, 0.1) is 6.61 Å². The summed E-state index contributed by atoms with van der Waals surface area (Å²) >= 11 is 0. The molecule has 4 atom stereocenters. The van der Waals surface area contributed by atoms with Gasteiger partial charge in [-0.3, -0.25) is 14.3 Å². The Balaban J connectivity index is 2.06. The second kappa shape index (κ2) is 4.54. The molecule has 0 aromatic carbocycles. The summed E-state index contributed by atoms with van der Waals surface area (Å²) in [5, 5.41) is 10.4. The molecule has 2 N–H and O–H groups in total. The maximum absolute atomic E-state index is 12.0. The lowest BCUT2D eigenvalue weighted by molar-refractivity contribution is -0.123. The molecular formula is C13H18N2O5. The number of H-pyrrole nitrogens is 1. The van der Waals surface area contributed by atoms with E-state index in [-0.39, 0.29) is 0 Å². The van der Waals surface area contributed by atoms with Gasteiger partial charge < -0.3 is 14.6 Å². The van der Waals surface area contributed by atoms with Gasteiger partial charge in [0.25, 0.3) is 5.56 Å². The third-order valence-electron chi connectivity index (χ3n) is 4.34. The van der Waals surface area contributed by atoms with Crippen LogP contribution in [0.1, 0.15) is 31.6 Å². The molecule has 7 heteroatoms. The molecule has 2 fully saturated rings. The summed E-state index contributed by atoms with van der Waals surface area (Å²) in [4.78, 5) is 25.6. The number of fused-ring (bicyclic) bond motifs is 2. The van der Waals surface area contributed by atoms with Gasteiger partial charge in [0, 0.05) is 18.2 Å². The van der Waals surface area contributed by atoms with Crippen LogP contribution in [0.2, 0.25) is 0 Å². The van der Waals surface area contributed by atoms with Crippen LogP contribution in [0.15, 0.2) is 15.8 Å². The average molecular weight is 282 g/mol. The fourth-order valence-corrected chi connectivity index (χ4v) is 3.04. The predicted molar refractivity (Wildman–Crippen MR) is 69.6 cm³/mol. The lowest BCUT2D eigenvalue weighted by Crippen LogP contribution is -2.48. The smallest absolute Gasteiger partial charge is 0.330 e. The number of aryl methyl sites for hydroxylation is 1. The van der Waals surface area contributed by atoms with Crippen molar-refractivity contribution in [1.29, 1.82) is 0 Å². The Morgan fingerprint density at radius 2 is 2.30 bits per heavy atom. The Labute approximate surface area is 115 Å². The van der Waals surface area contributed by atoms with Crippen molar-refractivity contribution in [2.45, 2.75) is 50.7 Å². The highest BCUT2D eigenvalue weighted by atomic mass is 16.6. The molecule has 7 nitrogen and oxygen atoms in total. The Kier molecular flexibility index (Phi) is 3.07. The van der Waals surface area contributed by atoms with Crippen molar-refractivity contribution in [3.8, 4) is 0 Å². The Morgan fingerprint density at radius 1 is 1.55 bits per heavy atom. The van der Waals surface area contributed by atoms with E-state index in [9.17, 15) is 14.7 Å². The van der Waals surface area contributed by atoms with E-state index in [1.807, 2.05) is 6.92 Å². The minimum Gasteiger partial charge on any atom is -0.387 e. The normalized spacial score (nSPS) is 36.2. The zero-order valence-corrected chi connectivity index (χ0v) is 11.5. The quantitative estimate of drug-likeness (QED) is 0.775. The van der Waals surface area contributed by atoms with Gasteiger partial charge in [-0.25, -0.2) is 4.79 Å². The highest BCUT2D eigenvalue weighted by Gasteiger charge is 2.57. The second-order valence-electron chi connectivity index (χ2n) is 5.44. The number of ether oxygens (including phenoxy) is 2. The number of nitrogens with one attached hydrogen (secondary N) is 1. The van der Waals surface area contributed by atoms with E-state index >= 15 is 0 Å². The number of aliphatic hydroxyl groups is 1. The molecule has 3 heterocycles. The fourth-order valence-electron chi connectivity index (χ4n) is 3.04. The Morgan fingerprint density at radius 3 is 2.95 bits per heavy atom. The van der Waals surface area contributed by atoms with E-state index in [1.54, 1.807) is 6.92 Å². The number of aromatic amines is 1. The Bertz CT molecular complexity index is 636. The highest BCUT2D eigenvalue weighted by molar-refractivity contribution is 5.07. The zero-order chi connectivity index (χ0) is 14.5. The largest absolute Gasteiger partial charge is 0.387 e. The summed E-state index contributed by atoms with van der Waals surface area (Å²) < 4.78 is 12.8. The van der Waals surface area contributed by atoms with E-state index < -0.39 is 35.3 Å². The highest BCUT2D eigenvalue weighted by Crippen LogP contribution is 2.45. The summed E-state index contributed by atoms with van der Waals surface area (Å²) in [6.07, 6.45) is 0.607. The molecule has 20 heavy (non-hydrogen) atoms. The van der Waals surface area contributed by atoms with Crippen molar-refractivity contribution in [3.05, 3.63) is 32.6 Å². The molecule has 3 rings (SSSR count). The van der Waals surface area contributed by atoms with Crippen molar-refractivity contribution in [2.24, 2.45) is 0 Å². The second-order valence-corrected chi connectivity index (χ2v) is 5.44. The first kappa shape index (κ1) is 13.5. The number of aromatic nitrogens is 2. The van der Waals surface area contributed by atoms with E-state index in [1.165, 1.54) is 10.8 Å². The molecule has 0 aliphatic carbocycles. The number of rotatable bonds is 2. The first-order chi connectivity index (χ1) is 9.48. The fraction of sp³-hybridized carbons (Fsp3) is 0.692. The average Bonchev–Trinajstić information content (AvgIpc) is 2.60. The molecule has 2 aliphatic heterocycles. The number of hydrogen-bond donors (Lipinski definition) is 2. The number of nitrogens with zero attached hydrogens (tertiary/aromatic N) is 1. The molecule has 0 spiro atoms. The van der Waals surface area contributed by atoms with Gasteiger partial charge in [-0.2, -0.15) is 0 Å². The predicted octanol–water partition coefficient (Wildman–Crippen LogP) is -0.328. The molecule has 1 unspecified atom stereocenters. The summed E-state index contributed by atoms with van der Waals surface area (Å²) in [6, 6.07) is 0. The van der Waals surface area contributed by atoms with E-state index in [0.717, 1.165) is 0 Å². The lowest BCUT2D eigenvalue weighted by atomic mass is 9.87. The standard InChI is InChI=1S/C13H18N2O5/c1-3-13-4-5-19-8(9(13)16)11(20-13)15-6-7(2)10(17)14-12(15)18/h6,8-9,11,16H,3-5H2,1-2H3,(H,14,17,18)/t8?,9-,11-,13+/m1/s1. The van der Waals surface area contributed by atoms with Crippen LogP contribution in [0.25, 0.3) is 0 Å². The molecule has 0 saturated carbocycles. The summed E-state index contributed by atoms with van der Waals surface area (Å²) in [6.45, 7) is 4.04. The molecule has 0 radical (unpaired) electrons. The van der Waals surface area contributed by atoms with Crippen molar-refractivity contribution < 1.29 is 14.6 Å². The molecule has 110 valence electrons. The van der Waals surface area contributed by atoms with Crippen LogP contribution in [-0.2, 0) is 9.47 Å². The molecule has 1 aromatic rings. The van der Waals surface area contributed by atoms with Crippen LogP contribution in [-0.4, -0.2) is 39.1 Å². The molecule has 2 saturated heterocycles. The van der Waals surface area contributed by atoms with Crippen molar-refractivity contribution in [1.82, 2.24) is 9.55 Å². The number of hydrogen-bond acceptors (Lipinski definition) is 5. The minimum absolute atomic E-state index is 0.412. The van der Waals surface area contributed by atoms with Gasteiger partial charge >= 0.3 is 5.69 Å². The van der Waals surface area contributed by atoms with Crippen LogP contribution >= 0.6 is 0 Å². The van der Waals surface area contributed by atoms with Gasteiger partial charge in [-0.1, -0.05) is 6.92 Å². The molecule has 1 aromatic heterocycles.